The maximum Gasteiger partial charge on any atom is 0.243 e. The van der Waals surface area contributed by atoms with Gasteiger partial charge in [0.2, 0.25) is 10.0 Å². The van der Waals surface area contributed by atoms with Gasteiger partial charge in [0.05, 0.1) is 11.5 Å². The Balaban J connectivity index is 3.01. The highest BCUT2D eigenvalue weighted by Gasteiger charge is 2.22. The van der Waals surface area contributed by atoms with Gasteiger partial charge in [0, 0.05) is 18.8 Å². The molecule has 1 aromatic carbocycles. The molecule has 4 N–H and O–H groups in total. The van der Waals surface area contributed by atoms with Crippen LogP contribution in [0.2, 0.25) is 0 Å². The Morgan fingerprint density at radius 1 is 1.28 bits per heavy atom. The number of hydrazine groups is 1. The lowest BCUT2D eigenvalue weighted by Gasteiger charge is -2.20. The van der Waals surface area contributed by atoms with Gasteiger partial charge in [0.15, 0.2) is 0 Å². The van der Waals surface area contributed by atoms with Crippen LogP contribution in [-0.4, -0.2) is 37.5 Å². The minimum Gasteiger partial charge on any atom is -0.395 e. The van der Waals surface area contributed by atoms with E-state index in [-0.39, 0.29) is 18.0 Å². The highest BCUT2D eigenvalue weighted by molar-refractivity contribution is 7.89. The zero-order chi connectivity index (χ0) is 13.6. The van der Waals surface area contributed by atoms with Crippen molar-refractivity contribution in [2.45, 2.75) is 18.2 Å². The van der Waals surface area contributed by atoms with Gasteiger partial charge in [-0.3, -0.25) is 5.84 Å². The third kappa shape index (κ3) is 3.42. The monoisotopic (exact) mass is 273 g/mol. The number of sulfonamides is 1. The summed E-state index contributed by atoms with van der Waals surface area (Å²) in [5, 5.41) is 8.92. The number of hydrogen-bond donors (Lipinski definition) is 3. The highest BCUT2D eigenvalue weighted by atomic mass is 32.2. The summed E-state index contributed by atoms with van der Waals surface area (Å²) in [4.78, 5) is 0.198. The standard InChI is InChI=1S/C11H19N3O3S/c1-2-7-14(8-9-15)18(16,17)11-5-3-10(13-12)4-6-11/h3-6,13,15H,2,7-9,12H2,1H3. The summed E-state index contributed by atoms with van der Waals surface area (Å²) >= 11 is 0. The Kier molecular flexibility index (Phi) is 5.54. The SMILES string of the molecule is CCCN(CCO)S(=O)(=O)c1ccc(NN)cc1. The smallest absolute Gasteiger partial charge is 0.243 e. The van der Waals surface area contributed by atoms with E-state index in [0.717, 1.165) is 0 Å². The molecule has 0 aliphatic rings. The van der Waals surface area contributed by atoms with Crippen molar-refractivity contribution in [3.63, 3.8) is 0 Å². The van der Waals surface area contributed by atoms with E-state index in [0.29, 0.717) is 18.7 Å². The van der Waals surface area contributed by atoms with Gasteiger partial charge in [-0.15, -0.1) is 0 Å². The van der Waals surface area contributed by atoms with Crippen LogP contribution < -0.4 is 11.3 Å². The molecule has 0 amide bonds. The molecule has 1 aromatic rings. The average molecular weight is 273 g/mol. The highest BCUT2D eigenvalue weighted by Crippen LogP contribution is 2.18. The molecule has 0 saturated heterocycles. The van der Waals surface area contributed by atoms with Gasteiger partial charge in [-0.25, -0.2) is 8.42 Å². The fraction of sp³-hybridized carbons (Fsp3) is 0.455. The molecular formula is C11H19N3O3S. The average Bonchev–Trinajstić information content (AvgIpc) is 2.38. The van der Waals surface area contributed by atoms with Crippen molar-refractivity contribution in [3.05, 3.63) is 24.3 Å². The zero-order valence-electron chi connectivity index (χ0n) is 10.3. The van der Waals surface area contributed by atoms with Gasteiger partial charge in [-0.2, -0.15) is 4.31 Å². The molecule has 0 heterocycles. The molecule has 7 heteroatoms. The Labute approximate surface area is 107 Å². The number of aliphatic hydroxyl groups is 1. The van der Waals surface area contributed by atoms with E-state index in [2.05, 4.69) is 5.43 Å². The number of nitrogens with one attached hydrogen (secondary N) is 1. The van der Waals surface area contributed by atoms with Gasteiger partial charge in [0.25, 0.3) is 0 Å². The summed E-state index contributed by atoms with van der Waals surface area (Å²) in [6, 6.07) is 6.17. The molecule has 1 rings (SSSR count). The summed E-state index contributed by atoms with van der Waals surface area (Å²) < 4.78 is 25.8. The summed E-state index contributed by atoms with van der Waals surface area (Å²) in [5.74, 6) is 5.22. The van der Waals surface area contributed by atoms with Crippen molar-refractivity contribution in [1.29, 1.82) is 0 Å². The number of rotatable bonds is 7. The minimum absolute atomic E-state index is 0.104. The van der Waals surface area contributed by atoms with E-state index in [9.17, 15) is 8.42 Å². The molecule has 0 saturated carbocycles. The number of anilines is 1. The van der Waals surface area contributed by atoms with Crippen molar-refractivity contribution in [3.8, 4) is 0 Å². The molecule has 0 radical (unpaired) electrons. The van der Waals surface area contributed by atoms with Crippen molar-refractivity contribution in [2.75, 3.05) is 25.1 Å². The first-order valence-corrected chi connectivity index (χ1v) is 7.18. The number of nitrogen functional groups attached to an aromatic ring is 1. The maximum absolute atomic E-state index is 12.3. The summed E-state index contributed by atoms with van der Waals surface area (Å²) in [5.41, 5.74) is 3.07. The van der Waals surface area contributed by atoms with Crippen LogP contribution in [0.25, 0.3) is 0 Å². The van der Waals surface area contributed by atoms with Crippen LogP contribution in [0.15, 0.2) is 29.2 Å². The molecule has 0 aliphatic heterocycles. The lowest BCUT2D eigenvalue weighted by molar-refractivity contribution is 0.253. The van der Waals surface area contributed by atoms with Crippen molar-refractivity contribution in [2.24, 2.45) is 5.84 Å². The van der Waals surface area contributed by atoms with Crippen molar-refractivity contribution in [1.82, 2.24) is 4.31 Å². The van der Waals surface area contributed by atoms with Crippen molar-refractivity contribution < 1.29 is 13.5 Å². The van der Waals surface area contributed by atoms with Crippen LogP contribution in [0.3, 0.4) is 0 Å². The third-order valence-corrected chi connectivity index (χ3v) is 4.39. The van der Waals surface area contributed by atoms with E-state index >= 15 is 0 Å². The van der Waals surface area contributed by atoms with Gasteiger partial charge < -0.3 is 10.5 Å². The van der Waals surface area contributed by atoms with E-state index in [1.54, 1.807) is 12.1 Å². The summed E-state index contributed by atoms with van der Waals surface area (Å²) in [6.07, 6.45) is 0.696. The molecule has 0 fully saturated rings. The van der Waals surface area contributed by atoms with Crippen LogP contribution >= 0.6 is 0 Å². The second-order valence-electron chi connectivity index (χ2n) is 3.80. The molecular weight excluding hydrogens is 254 g/mol. The van der Waals surface area contributed by atoms with Gasteiger partial charge in [0.1, 0.15) is 0 Å². The topological polar surface area (TPSA) is 95.7 Å². The Morgan fingerprint density at radius 2 is 1.89 bits per heavy atom. The normalized spacial score (nSPS) is 11.8. The Morgan fingerprint density at radius 3 is 2.33 bits per heavy atom. The first-order valence-electron chi connectivity index (χ1n) is 5.74. The van der Waals surface area contributed by atoms with Crippen LogP contribution in [0, 0.1) is 0 Å². The summed E-state index contributed by atoms with van der Waals surface area (Å²) in [6.45, 7) is 2.19. The fourth-order valence-corrected chi connectivity index (χ4v) is 3.11. The number of benzene rings is 1. The van der Waals surface area contributed by atoms with Crippen LogP contribution in [-0.2, 0) is 10.0 Å². The lowest BCUT2D eigenvalue weighted by atomic mass is 10.3. The first kappa shape index (κ1) is 14.9. The molecule has 0 aliphatic carbocycles. The minimum atomic E-state index is -3.55. The van der Waals surface area contributed by atoms with Crippen LogP contribution in [0.1, 0.15) is 13.3 Å². The number of nitrogens with two attached hydrogens (primary N) is 1. The molecule has 6 nitrogen and oxygen atoms in total. The molecule has 0 unspecified atom stereocenters. The molecule has 102 valence electrons. The molecule has 18 heavy (non-hydrogen) atoms. The lowest BCUT2D eigenvalue weighted by Crippen LogP contribution is -2.34. The Bertz CT molecular complexity index is 453. The number of aliphatic hydroxyl groups excluding tert-OH is 1. The molecule has 0 atom stereocenters. The third-order valence-electron chi connectivity index (χ3n) is 2.48. The summed E-state index contributed by atoms with van der Waals surface area (Å²) in [7, 11) is -3.55. The maximum atomic E-state index is 12.3. The van der Waals surface area contributed by atoms with E-state index in [1.165, 1.54) is 16.4 Å². The zero-order valence-corrected chi connectivity index (χ0v) is 11.2. The van der Waals surface area contributed by atoms with Gasteiger partial charge >= 0.3 is 0 Å². The quantitative estimate of drug-likeness (QED) is 0.492. The van der Waals surface area contributed by atoms with Crippen molar-refractivity contribution >= 4 is 15.7 Å². The number of nitrogens with zero attached hydrogens (tertiary/aromatic N) is 1. The fourth-order valence-electron chi connectivity index (χ4n) is 1.59. The van der Waals surface area contributed by atoms with E-state index in [1.807, 2.05) is 6.92 Å². The molecule has 0 bridgehead atoms. The predicted octanol–water partition coefficient (Wildman–Crippen LogP) is 0.365. The van der Waals surface area contributed by atoms with Crippen LogP contribution in [0.4, 0.5) is 5.69 Å². The van der Waals surface area contributed by atoms with Gasteiger partial charge in [-0.1, -0.05) is 6.92 Å². The van der Waals surface area contributed by atoms with E-state index < -0.39 is 10.0 Å². The predicted molar refractivity (Wildman–Crippen MR) is 70.4 cm³/mol. The van der Waals surface area contributed by atoms with Gasteiger partial charge in [-0.05, 0) is 30.7 Å². The number of hydrogen-bond acceptors (Lipinski definition) is 5. The largest absolute Gasteiger partial charge is 0.395 e. The van der Waals surface area contributed by atoms with E-state index in [4.69, 9.17) is 10.9 Å². The first-order chi connectivity index (χ1) is 8.56. The van der Waals surface area contributed by atoms with Crippen LogP contribution in [0.5, 0.6) is 0 Å². The molecule has 0 aromatic heterocycles. The second kappa shape index (κ2) is 6.69. The Hall–Kier alpha value is -1.15. The molecule has 0 spiro atoms. The second-order valence-corrected chi connectivity index (χ2v) is 5.73.